The highest BCUT2D eigenvalue weighted by Crippen LogP contribution is 2.24. The van der Waals surface area contributed by atoms with Crippen molar-refractivity contribution in [3.8, 4) is 0 Å². The van der Waals surface area contributed by atoms with E-state index in [1.165, 1.54) is 0 Å². The monoisotopic (exact) mass is 326 g/mol. The number of amides is 2. The van der Waals surface area contributed by atoms with Crippen LogP contribution in [0, 0.1) is 6.92 Å². The number of H-pyrrole nitrogens is 1. The third-order valence-electron chi connectivity index (χ3n) is 4.17. The van der Waals surface area contributed by atoms with E-state index in [-0.39, 0.29) is 17.9 Å². The van der Waals surface area contributed by atoms with E-state index < -0.39 is 0 Å². The van der Waals surface area contributed by atoms with Crippen LogP contribution in [0.15, 0.2) is 24.3 Å². The van der Waals surface area contributed by atoms with Gasteiger partial charge in [0.1, 0.15) is 0 Å². The Hall–Kier alpha value is -2.63. The maximum atomic E-state index is 12.1. The van der Waals surface area contributed by atoms with Gasteiger partial charge < -0.3 is 10.6 Å². The molecule has 1 aromatic carbocycles. The predicted octanol–water partition coefficient (Wildman–Crippen LogP) is 2.99. The molecular formula is C18H22N4O2. The summed E-state index contributed by atoms with van der Waals surface area (Å²) in [6, 6.07) is 7.19. The molecule has 24 heavy (non-hydrogen) atoms. The quantitative estimate of drug-likeness (QED) is 0.807. The summed E-state index contributed by atoms with van der Waals surface area (Å²) in [6.07, 6.45) is 3.07. The normalized spacial score (nSPS) is 14.8. The molecule has 1 aliphatic carbocycles. The van der Waals surface area contributed by atoms with Gasteiger partial charge in [-0.05, 0) is 50.5 Å². The van der Waals surface area contributed by atoms with Crippen LogP contribution in [-0.2, 0) is 12.8 Å². The van der Waals surface area contributed by atoms with E-state index in [0.29, 0.717) is 18.5 Å². The van der Waals surface area contributed by atoms with Crippen molar-refractivity contribution in [1.82, 2.24) is 15.5 Å². The van der Waals surface area contributed by atoms with E-state index in [1.807, 2.05) is 32.0 Å². The van der Waals surface area contributed by atoms with Crippen molar-refractivity contribution in [1.29, 1.82) is 0 Å². The number of carbonyl (C=O) groups is 2. The largest absolute Gasteiger partial charge is 0.335 e. The summed E-state index contributed by atoms with van der Waals surface area (Å²) in [6.45, 7) is 3.87. The van der Waals surface area contributed by atoms with Crippen molar-refractivity contribution >= 4 is 17.5 Å². The highest BCUT2D eigenvalue weighted by Gasteiger charge is 2.18. The van der Waals surface area contributed by atoms with Crippen molar-refractivity contribution in [2.45, 2.75) is 45.6 Å². The molecule has 0 fully saturated rings. The molecule has 6 heteroatoms. The van der Waals surface area contributed by atoms with Gasteiger partial charge >= 0.3 is 6.03 Å². The van der Waals surface area contributed by atoms with Crippen LogP contribution >= 0.6 is 0 Å². The van der Waals surface area contributed by atoms with Gasteiger partial charge in [-0.15, -0.1) is 0 Å². The fourth-order valence-corrected chi connectivity index (χ4v) is 3.04. The minimum absolute atomic E-state index is 0.0491. The van der Waals surface area contributed by atoms with Gasteiger partial charge in [-0.3, -0.25) is 9.89 Å². The van der Waals surface area contributed by atoms with E-state index in [0.717, 1.165) is 35.4 Å². The fraction of sp³-hybridized carbons (Fsp3) is 0.389. The number of nitrogens with one attached hydrogen (secondary N) is 3. The molecular weight excluding hydrogens is 304 g/mol. The van der Waals surface area contributed by atoms with E-state index in [2.05, 4.69) is 20.8 Å². The Balaban J connectivity index is 1.58. The molecule has 0 saturated heterocycles. The number of urea groups is 1. The maximum absolute atomic E-state index is 12.1. The smallest absolute Gasteiger partial charge is 0.319 e. The second-order valence-electron chi connectivity index (χ2n) is 6.39. The molecule has 0 saturated carbocycles. The number of hydrogen-bond donors (Lipinski definition) is 3. The highest BCUT2D eigenvalue weighted by atomic mass is 16.2. The number of aromatic nitrogens is 2. The minimum atomic E-state index is -0.280. The molecule has 2 amide bonds. The summed E-state index contributed by atoms with van der Waals surface area (Å²) < 4.78 is 0. The number of rotatable bonds is 4. The lowest BCUT2D eigenvalue weighted by atomic mass is 9.90. The van der Waals surface area contributed by atoms with Gasteiger partial charge in [0.05, 0.1) is 5.69 Å². The van der Waals surface area contributed by atoms with Gasteiger partial charge in [0.2, 0.25) is 0 Å². The Kier molecular flexibility index (Phi) is 4.64. The van der Waals surface area contributed by atoms with E-state index in [9.17, 15) is 9.59 Å². The van der Waals surface area contributed by atoms with Crippen LogP contribution in [0.4, 0.5) is 10.5 Å². The summed E-state index contributed by atoms with van der Waals surface area (Å²) in [7, 11) is 0. The molecule has 0 aliphatic heterocycles. The zero-order chi connectivity index (χ0) is 17.1. The first-order valence-corrected chi connectivity index (χ1v) is 8.26. The molecule has 0 bridgehead atoms. The molecule has 0 unspecified atom stereocenters. The Morgan fingerprint density at radius 3 is 2.92 bits per heavy atom. The number of anilines is 1. The van der Waals surface area contributed by atoms with Crippen LogP contribution in [0.25, 0.3) is 0 Å². The number of Topliss-reactive ketones (excluding diaryl/α,β-unsaturated/α-hetero) is 1. The van der Waals surface area contributed by atoms with Crippen LogP contribution < -0.4 is 10.6 Å². The summed E-state index contributed by atoms with van der Waals surface area (Å²) in [5.41, 5.74) is 4.36. The zero-order valence-corrected chi connectivity index (χ0v) is 14.0. The van der Waals surface area contributed by atoms with Crippen LogP contribution in [0.1, 0.15) is 47.1 Å². The lowest BCUT2D eigenvalue weighted by Gasteiger charge is -2.17. The number of hydrogen-bond acceptors (Lipinski definition) is 3. The Morgan fingerprint density at radius 2 is 2.17 bits per heavy atom. The van der Waals surface area contributed by atoms with Crippen LogP contribution in [0.3, 0.4) is 0 Å². The third-order valence-corrected chi connectivity index (χ3v) is 4.17. The number of aryl methyl sites for hydroxylation is 2. The Morgan fingerprint density at radius 1 is 1.33 bits per heavy atom. The minimum Gasteiger partial charge on any atom is -0.335 e. The number of nitrogens with zero attached hydrogens (tertiary/aromatic N) is 1. The number of benzene rings is 1. The molecule has 126 valence electrons. The van der Waals surface area contributed by atoms with E-state index >= 15 is 0 Å². The second-order valence-corrected chi connectivity index (χ2v) is 6.39. The van der Waals surface area contributed by atoms with Crippen LogP contribution in [0.5, 0.6) is 0 Å². The molecule has 3 rings (SSSR count). The van der Waals surface area contributed by atoms with Crippen molar-refractivity contribution in [3.05, 3.63) is 46.8 Å². The van der Waals surface area contributed by atoms with Gasteiger partial charge in [-0.2, -0.15) is 5.10 Å². The second kappa shape index (κ2) is 6.86. The van der Waals surface area contributed by atoms with Crippen LogP contribution in [-0.4, -0.2) is 28.1 Å². The lowest BCUT2D eigenvalue weighted by molar-refractivity contribution is 0.0972. The molecule has 3 N–H and O–H groups in total. The number of ketones is 1. The molecule has 0 spiro atoms. The highest BCUT2D eigenvalue weighted by molar-refractivity contribution is 6.00. The average Bonchev–Trinajstić information content (AvgIpc) is 2.92. The Bertz CT molecular complexity index is 766. The molecule has 2 aromatic rings. The third kappa shape index (κ3) is 3.82. The number of aromatic amines is 1. The van der Waals surface area contributed by atoms with Crippen molar-refractivity contribution < 1.29 is 9.59 Å². The van der Waals surface area contributed by atoms with Crippen molar-refractivity contribution in [3.63, 3.8) is 0 Å². The van der Waals surface area contributed by atoms with E-state index in [4.69, 9.17) is 0 Å². The van der Waals surface area contributed by atoms with Gasteiger partial charge in [0.25, 0.3) is 0 Å². The molecule has 1 atom stereocenters. The molecule has 1 heterocycles. The van der Waals surface area contributed by atoms with Crippen molar-refractivity contribution in [2.75, 3.05) is 5.32 Å². The molecule has 6 nitrogen and oxygen atoms in total. The zero-order valence-electron chi connectivity index (χ0n) is 14.0. The average molecular weight is 326 g/mol. The lowest BCUT2D eigenvalue weighted by Crippen LogP contribution is -2.37. The van der Waals surface area contributed by atoms with Gasteiger partial charge in [0, 0.05) is 35.8 Å². The maximum Gasteiger partial charge on any atom is 0.319 e. The predicted molar refractivity (Wildman–Crippen MR) is 92.4 cm³/mol. The standard InChI is InChI=1S/C18H22N4O2/c1-11(8-15-9-12(2)21-22-15)19-18(24)20-14-7-6-13-4-3-5-17(23)16(13)10-14/h6-7,9-11H,3-5,8H2,1-2H3,(H,21,22)(H2,19,20,24)/t11-/m0/s1. The first-order valence-electron chi connectivity index (χ1n) is 8.26. The molecule has 1 aliphatic rings. The summed E-state index contributed by atoms with van der Waals surface area (Å²) in [4.78, 5) is 24.1. The van der Waals surface area contributed by atoms with Gasteiger partial charge in [-0.25, -0.2) is 4.79 Å². The van der Waals surface area contributed by atoms with Crippen molar-refractivity contribution in [2.24, 2.45) is 0 Å². The van der Waals surface area contributed by atoms with Gasteiger partial charge in [-0.1, -0.05) is 6.07 Å². The Labute approximate surface area is 141 Å². The SMILES string of the molecule is Cc1cc(C[C@H](C)NC(=O)Nc2ccc3c(c2)C(=O)CCC3)n[nH]1. The summed E-state index contributed by atoms with van der Waals surface area (Å²) in [5.74, 6) is 0.155. The van der Waals surface area contributed by atoms with Crippen LogP contribution in [0.2, 0.25) is 0 Å². The van der Waals surface area contributed by atoms with E-state index in [1.54, 1.807) is 6.07 Å². The molecule has 1 aromatic heterocycles. The fourth-order valence-electron chi connectivity index (χ4n) is 3.04. The van der Waals surface area contributed by atoms with Gasteiger partial charge in [0.15, 0.2) is 5.78 Å². The summed E-state index contributed by atoms with van der Waals surface area (Å²) >= 11 is 0. The molecule has 0 radical (unpaired) electrons. The first kappa shape index (κ1) is 16.2. The summed E-state index contributed by atoms with van der Waals surface area (Å²) in [5, 5.41) is 12.8. The first-order chi connectivity index (χ1) is 11.5. The topological polar surface area (TPSA) is 86.9 Å². The number of carbonyl (C=O) groups excluding carboxylic acids is 2. The number of fused-ring (bicyclic) bond motifs is 1.